The largest absolute Gasteiger partial charge is 0.417 e. The van der Waals surface area contributed by atoms with Gasteiger partial charge in [-0.2, -0.15) is 13.2 Å². The lowest BCUT2D eigenvalue weighted by atomic mass is 9.76. The number of benzene rings is 1. The Labute approximate surface area is 186 Å². The molecule has 0 spiro atoms. The van der Waals surface area contributed by atoms with Gasteiger partial charge in [-0.1, -0.05) is 13.0 Å². The standard InChI is InChI=1S/C22H23F5N2O4/c1-10-13(5-6-14(23)18(10)24)17-11(2)21(3,22(25,26)27)33-19(17)20(32)29-12-4-7-15(28-8-12)16(31)9-30/h4-8,11,16-17,19,30-31H,9H2,1-3H3,(H,29,32)/t11-,16-,17-,19+,21+/m0/s1. The van der Waals surface area contributed by atoms with Gasteiger partial charge in [0.25, 0.3) is 5.91 Å². The Morgan fingerprint density at radius 1 is 1.27 bits per heavy atom. The molecule has 1 aliphatic rings. The highest BCUT2D eigenvalue weighted by atomic mass is 19.4. The number of pyridine rings is 1. The summed E-state index contributed by atoms with van der Waals surface area (Å²) in [5, 5.41) is 21.0. The van der Waals surface area contributed by atoms with Crippen LogP contribution < -0.4 is 5.32 Å². The quantitative estimate of drug-likeness (QED) is 0.574. The van der Waals surface area contributed by atoms with Crippen LogP contribution in [0.4, 0.5) is 27.6 Å². The van der Waals surface area contributed by atoms with Crippen molar-refractivity contribution in [3.8, 4) is 0 Å². The molecule has 0 saturated carbocycles. The Kier molecular flexibility index (Phi) is 6.79. The number of nitrogens with one attached hydrogen (secondary N) is 1. The highest BCUT2D eigenvalue weighted by Gasteiger charge is 2.65. The zero-order chi connectivity index (χ0) is 24.7. The van der Waals surface area contributed by atoms with E-state index in [1.807, 2.05) is 0 Å². The van der Waals surface area contributed by atoms with Crippen molar-refractivity contribution < 1.29 is 41.7 Å². The fourth-order valence-electron chi connectivity index (χ4n) is 4.03. The van der Waals surface area contributed by atoms with Crippen LogP contribution in [-0.2, 0) is 9.53 Å². The second-order valence-electron chi connectivity index (χ2n) is 8.19. The third kappa shape index (κ3) is 4.44. The molecule has 11 heteroatoms. The van der Waals surface area contributed by atoms with E-state index in [4.69, 9.17) is 9.84 Å². The lowest BCUT2D eigenvalue weighted by Gasteiger charge is -2.32. The van der Waals surface area contributed by atoms with Crippen LogP contribution in [0.2, 0.25) is 0 Å². The van der Waals surface area contributed by atoms with Gasteiger partial charge in [-0.25, -0.2) is 8.78 Å². The molecule has 5 atom stereocenters. The van der Waals surface area contributed by atoms with Crippen LogP contribution in [0.3, 0.4) is 0 Å². The molecule has 33 heavy (non-hydrogen) atoms. The van der Waals surface area contributed by atoms with Crippen LogP contribution in [0.1, 0.15) is 42.7 Å². The summed E-state index contributed by atoms with van der Waals surface area (Å²) in [6, 6.07) is 4.63. The monoisotopic (exact) mass is 474 g/mol. The van der Waals surface area contributed by atoms with Crippen molar-refractivity contribution in [1.29, 1.82) is 0 Å². The Morgan fingerprint density at radius 2 is 1.94 bits per heavy atom. The molecule has 1 aliphatic heterocycles. The summed E-state index contributed by atoms with van der Waals surface area (Å²) in [7, 11) is 0. The van der Waals surface area contributed by atoms with E-state index in [0.717, 1.165) is 25.3 Å². The zero-order valence-corrected chi connectivity index (χ0v) is 18.0. The minimum absolute atomic E-state index is 0.0362. The number of hydrogen-bond donors (Lipinski definition) is 3. The first kappa shape index (κ1) is 25.0. The molecule has 6 nitrogen and oxygen atoms in total. The normalized spacial score (nSPS) is 26.3. The van der Waals surface area contributed by atoms with Gasteiger partial charge in [0.05, 0.1) is 24.2 Å². The van der Waals surface area contributed by atoms with Crippen molar-refractivity contribution in [2.75, 3.05) is 11.9 Å². The summed E-state index contributed by atoms with van der Waals surface area (Å²) in [6.07, 6.45) is -6.58. The fourth-order valence-corrected chi connectivity index (χ4v) is 4.03. The number of carbonyl (C=O) groups excluding carboxylic acids is 1. The zero-order valence-electron chi connectivity index (χ0n) is 18.0. The van der Waals surface area contributed by atoms with Gasteiger partial charge in [0, 0.05) is 11.8 Å². The summed E-state index contributed by atoms with van der Waals surface area (Å²) >= 11 is 0. The Hall–Kier alpha value is -2.63. The molecular weight excluding hydrogens is 451 g/mol. The van der Waals surface area contributed by atoms with Gasteiger partial charge in [0.15, 0.2) is 17.2 Å². The fraction of sp³-hybridized carbons (Fsp3) is 0.455. The maximum atomic E-state index is 14.2. The average molecular weight is 474 g/mol. The lowest BCUT2D eigenvalue weighted by Crippen LogP contribution is -2.47. The Balaban J connectivity index is 1.98. The lowest BCUT2D eigenvalue weighted by molar-refractivity contribution is -0.272. The SMILES string of the molecule is Cc1c([C@H]2[C@H](C(=O)Nc3ccc([C@@H](O)CO)nc3)O[C@@](C)(C(F)(F)F)[C@H]2C)ccc(F)c1F. The van der Waals surface area contributed by atoms with E-state index in [-0.39, 0.29) is 22.5 Å². The molecule has 1 fully saturated rings. The number of anilines is 1. The number of nitrogens with zero attached hydrogens (tertiary/aromatic N) is 1. The summed E-state index contributed by atoms with van der Waals surface area (Å²) in [5.41, 5.74) is -2.66. The molecule has 0 aliphatic carbocycles. The molecule has 3 N–H and O–H groups in total. The summed E-state index contributed by atoms with van der Waals surface area (Å²) in [6.45, 7) is 2.73. The molecule has 3 rings (SSSR count). The highest BCUT2D eigenvalue weighted by molar-refractivity contribution is 5.95. The van der Waals surface area contributed by atoms with Gasteiger partial charge in [-0.05, 0) is 43.2 Å². The molecule has 0 bridgehead atoms. The van der Waals surface area contributed by atoms with Gasteiger partial charge in [0.1, 0.15) is 12.2 Å². The first-order chi connectivity index (χ1) is 15.3. The molecule has 1 amide bonds. The molecule has 1 saturated heterocycles. The predicted octanol–water partition coefficient (Wildman–Crippen LogP) is 3.77. The van der Waals surface area contributed by atoms with Crippen LogP contribution in [0.5, 0.6) is 0 Å². The van der Waals surface area contributed by atoms with E-state index in [9.17, 15) is 31.9 Å². The van der Waals surface area contributed by atoms with E-state index in [1.54, 1.807) is 0 Å². The smallest absolute Gasteiger partial charge is 0.393 e. The molecule has 1 aromatic heterocycles. The van der Waals surface area contributed by atoms with Crippen LogP contribution in [-0.4, -0.2) is 45.6 Å². The molecule has 1 aromatic carbocycles. The first-order valence-corrected chi connectivity index (χ1v) is 10.1. The van der Waals surface area contributed by atoms with Crippen LogP contribution in [0.15, 0.2) is 30.5 Å². The third-order valence-corrected chi connectivity index (χ3v) is 6.24. The van der Waals surface area contributed by atoms with E-state index < -0.39 is 60.0 Å². The Morgan fingerprint density at radius 3 is 2.48 bits per heavy atom. The number of rotatable bonds is 5. The molecule has 2 heterocycles. The van der Waals surface area contributed by atoms with Gasteiger partial charge in [-0.3, -0.25) is 9.78 Å². The topological polar surface area (TPSA) is 91.7 Å². The van der Waals surface area contributed by atoms with Crippen molar-refractivity contribution in [2.24, 2.45) is 5.92 Å². The van der Waals surface area contributed by atoms with E-state index >= 15 is 0 Å². The number of amides is 1. The molecular formula is C22H23F5N2O4. The second kappa shape index (κ2) is 8.96. The number of ether oxygens (including phenoxy) is 1. The van der Waals surface area contributed by atoms with E-state index in [2.05, 4.69) is 10.3 Å². The van der Waals surface area contributed by atoms with Crippen LogP contribution >= 0.6 is 0 Å². The second-order valence-corrected chi connectivity index (χ2v) is 8.19. The molecule has 2 aromatic rings. The van der Waals surface area contributed by atoms with E-state index in [1.165, 1.54) is 26.0 Å². The minimum Gasteiger partial charge on any atom is -0.393 e. The number of aromatic nitrogens is 1. The summed E-state index contributed by atoms with van der Waals surface area (Å²) in [5.74, 6) is -5.83. The van der Waals surface area contributed by atoms with Crippen LogP contribution in [0.25, 0.3) is 0 Å². The number of aliphatic hydroxyl groups excluding tert-OH is 2. The summed E-state index contributed by atoms with van der Waals surface area (Å²) in [4.78, 5) is 16.9. The van der Waals surface area contributed by atoms with Crippen molar-refractivity contribution in [1.82, 2.24) is 4.98 Å². The minimum atomic E-state index is -4.84. The number of halogens is 5. The third-order valence-electron chi connectivity index (χ3n) is 6.24. The van der Waals surface area contributed by atoms with Crippen molar-refractivity contribution in [3.05, 3.63) is 58.9 Å². The van der Waals surface area contributed by atoms with Crippen LogP contribution in [0, 0.1) is 24.5 Å². The average Bonchev–Trinajstić information content (AvgIpc) is 3.04. The molecule has 180 valence electrons. The number of aliphatic hydroxyl groups is 2. The van der Waals surface area contributed by atoms with Crippen molar-refractivity contribution >= 4 is 11.6 Å². The number of carbonyl (C=O) groups is 1. The van der Waals surface area contributed by atoms with E-state index in [0.29, 0.717) is 0 Å². The molecule has 0 unspecified atom stereocenters. The van der Waals surface area contributed by atoms with Gasteiger partial charge in [0.2, 0.25) is 0 Å². The van der Waals surface area contributed by atoms with Gasteiger partial charge >= 0.3 is 6.18 Å². The summed E-state index contributed by atoms with van der Waals surface area (Å²) < 4.78 is 74.8. The Bertz CT molecular complexity index is 1030. The van der Waals surface area contributed by atoms with Crippen molar-refractivity contribution in [2.45, 2.75) is 50.7 Å². The van der Waals surface area contributed by atoms with Gasteiger partial charge in [-0.15, -0.1) is 0 Å². The van der Waals surface area contributed by atoms with Gasteiger partial charge < -0.3 is 20.3 Å². The predicted molar refractivity (Wildman–Crippen MR) is 107 cm³/mol. The first-order valence-electron chi connectivity index (χ1n) is 10.1. The molecule has 0 radical (unpaired) electrons. The van der Waals surface area contributed by atoms with Crippen molar-refractivity contribution in [3.63, 3.8) is 0 Å². The number of hydrogen-bond acceptors (Lipinski definition) is 5. The number of alkyl halides is 3. The maximum Gasteiger partial charge on any atom is 0.417 e. The highest BCUT2D eigenvalue weighted by Crippen LogP contribution is 2.54. The maximum absolute atomic E-state index is 14.2.